The summed E-state index contributed by atoms with van der Waals surface area (Å²) in [5.41, 5.74) is 7.43. The third-order valence-electron chi connectivity index (χ3n) is 5.59. The zero-order valence-electron chi connectivity index (χ0n) is 17.6. The Morgan fingerprint density at radius 3 is 2.03 bits per heavy atom. The molecule has 1 aliphatic carbocycles. The van der Waals surface area contributed by atoms with Crippen LogP contribution in [0.15, 0.2) is 78.9 Å². The Morgan fingerprint density at radius 1 is 0.903 bits per heavy atom. The van der Waals surface area contributed by atoms with Gasteiger partial charge in [-0.25, -0.2) is 4.79 Å². The highest BCUT2D eigenvalue weighted by Gasteiger charge is 2.21. The number of rotatable bonds is 9. The number of hydrogen-bond acceptors (Lipinski definition) is 3. The zero-order valence-corrected chi connectivity index (χ0v) is 17.6. The monoisotopic (exact) mass is 414 g/mol. The Morgan fingerprint density at radius 2 is 1.48 bits per heavy atom. The summed E-state index contributed by atoms with van der Waals surface area (Å²) in [5.74, 6) is -0.165. The maximum atomic E-state index is 11.1. The molecule has 0 aliphatic heterocycles. The van der Waals surface area contributed by atoms with Crippen molar-refractivity contribution in [3.63, 3.8) is 0 Å². The van der Waals surface area contributed by atoms with E-state index in [1.165, 1.54) is 34.9 Å². The summed E-state index contributed by atoms with van der Waals surface area (Å²) >= 11 is 0. The van der Waals surface area contributed by atoms with Gasteiger partial charge in [0.05, 0.1) is 6.61 Å². The van der Waals surface area contributed by atoms with Gasteiger partial charge in [-0.05, 0) is 58.4 Å². The molecule has 0 saturated heterocycles. The summed E-state index contributed by atoms with van der Waals surface area (Å²) in [6.07, 6.45) is 3.67. The molecular weight excluding hydrogens is 388 g/mol. The minimum Gasteiger partial charge on any atom is -0.494 e. The quantitative estimate of drug-likeness (QED) is 0.362. The van der Waals surface area contributed by atoms with Gasteiger partial charge in [0, 0.05) is 13.5 Å². The molecule has 1 aliphatic rings. The standard InChI is InChI=1S/C27H26O4/c1-30-26(27(28)29)18-19-13-15-20(16-14-19)31-17-7-6-12-25-23-10-4-2-8-21(23)22-9-3-5-11-24(22)25/h2-5,8-16,26H,6-7,17-18H2,1H3,(H,28,29). The predicted molar refractivity (Wildman–Crippen MR) is 122 cm³/mol. The molecule has 0 saturated carbocycles. The number of fused-ring (bicyclic) bond motifs is 3. The van der Waals surface area contributed by atoms with Crippen molar-refractivity contribution in [2.75, 3.05) is 13.7 Å². The van der Waals surface area contributed by atoms with Gasteiger partial charge in [-0.15, -0.1) is 0 Å². The minimum atomic E-state index is -0.954. The van der Waals surface area contributed by atoms with Crippen molar-refractivity contribution >= 4 is 11.5 Å². The molecule has 0 radical (unpaired) electrons. The molecule has 0 fully saturated rings. The van der Waals surface area contributed by atoms with Crippen molar-refractivity contribution < 1.29 is 19.4 Å². The number of aliphatic carboxylic acids is 1. The van der Waals surface area contributed by atoms with Crippen molar-refractivity contribution in [2.45, 2.75) is 25.4 Å². The number of carboxylic acid groups (broad SMARTS) is 1. The van der Waals surface area contributed by atoms with Crippen LogP contribution in [0.4, 0.5) is 0 Å². The first-order valence-corrected chi connectivity index (χ1v) is 10.5. The van der Waals surface area contributed by atoms with E-state index in [9.17, 15) is 4.79 Å². The van der Waals surface area contributed by atoms with E-state index in [2.05, 4.69) is 54.6 Å². The molecule has 0 aromatic heterocycles. The third kappa shape index (κ3) is 4.70. The summed E-state index contributed by atoms with van der Waals surface area (Å²) < 4.78 is 10.9. The molecule has 158 valence electrons. The molecule has 1 atom stereocenters. The first-order chi connectivity index (χ1) is 15.2. The Kier molecular flexibility index (Phi) is 6.48. The lowest BCUT2D eigenvalue weighted by atomic mass is 10.0. The van der Waals surface area contributed by atoms with Crippen molar-refractivity contribution in [1.29, 1.82) is 0 Å². The fourth-order valence-electron chi connectivity index (χ4n) is 4.00. The molecule has 4 heteroatoms. The smallest absolute Gasteiger partial charge is 0.333 e. The molecule has 3 aromatic carbocycles. The van der Waals surface area contributed by atoms with Gasteiger partial charge >= 0.3 is 5.97 Å². The fourth-order valence-corrected chi connectivity index (χ4v) is 4.00. The minimum absolute atomic E-state index is 0.336. The largest absolute Gasteiger partial charge is 0.494 e. The highest BCUT2D eigenvalue weighted by Crippen LogP contribution is 2.43. The number of allylic oxidation sites excluding steroid dienone is 1. The van der Waals surface area contributed by atoms with Gasteiger partial charge in [-0.3, -0.25) is 0 Å². The van der Waals surface area contributed by atoms with Gasteiger partial charge in [0.1, 0.15) is 5.75 Å². The first kappa shape index (κ1) is 20.9. The van der Waals surface area contributed by atoms with Crippen molar-refractivity contribution in [2.24, 2.45) is 0 Å². The second-order valence-corrected chi connectivity index (χ2v) is 7.61. The van der Waals surface area contributed by atoms with Crippen molar-refractivity contribution in [1.82, 2.24) is 0 Å². The SMILES string of the molecule is COC(Cc1ccc(OCCCC=C2c3ccccc3-c3ccccc32)cc1)C(=O)O. The second kappa shape index (κ2) is 9.63. The summed E-state index contributed by atoms with van der Waals surface area (Å²) in [6.45, 7) is 0.627. The maximum Gasteiger partial charge on any atom is 0.333 e. The van der Waals surface area contributed by atoms with Crippen LogP contribution in [0.25, 0.3) is 16.7 Å². The Bertz CT molecular complexity index is 1030. The average molecular weight is 415 g/mol. The fraction of sp³-hybridized carbons (Fsp3) is 0.222. The summed E-state index contributed by atoms with van der Waals surface area (Å²) in [7, 11) is 1.41. The van der Waals surface area contributed by atoms with Gasteiger partial charge in [-0.2, -0.15) is 0 Å². The van der Waals surface area contributed by atoms with Gasteiger partial charge in [0.15, 0.2) is 6.10 Å². The van der Waals surface area contributed by atoms with Crippen LogP contribution < -0.4 is 4.74 Å². The number of methoxy groups -OCH3 is 1. The van der Waals surface area contributed by atoms with Crippen LogP contribution in [-0.2, 0) is 16.0 Å². The molecule has 1 N–H and O–H groups in total. The molecule has 3 aromatic rings. The molecule has 4 nitrogen and oxygen atoms in total. The molecule has 0 heterocycles. The Hall–Kier alpha value is -3.37. The number of carboxylic acids is 1. The van der Waals surface area contributed by atoms with E-state index in [1.807, 2.05) is 24.3 Å². The molecule has 4 rings (SSSR count). The van der Waals surface area contributed by atoms with Gasteiger partial charge < -0.3 is 14.6 Å². The van der Waals surface area contributed by atoms with Crippen LogP contribution in [0.5, 0.6) is 5.75 Å². The number of benzene rings is 3. The molecule has 0 spiro atoms. The van der Waals surface area contributed by atoms with E-state index in [0.29, 0.717) is 13.0 Å². The lowest BCUT2D eigenvalue weighted by Crippen LogP contribution is -2.24. The number of hydrogen-bond donors (Lipinski definition) is 1. The predicted octanol–water partition coefficient (Wildman–Crippen LogP) is 5.60. The van der Waals surface area contributed by atoms with Gasteiger partial charge in [0.2, 0.25) is 0 Å². The number of ether oxygens (including phenoxy) is 2. The van der Waals surface area contributed by atoms with E-state index in [-0.39, 0.29) is 0 Å². The van der Waals surface area contributed by atoms with Crippen LogP contribution in [0.2, 0.25) is 0 Å². The van der Waals surface area contributed by atoms with Crippen molar-refractivity contribution in [3.05, 3.63) is 95.6 Å². The Balaban J connectivity index is 1.32. The molecular formula is C27H26O4. The van der Waals surface area contributed by atoms with Crippen LogP contribution in [-0.4, -0.2) is 30.9 Å². The van der Waals surface area contributed by atoms with E-state index >= 15 is 0 Å². The van der Waals surface area contributed by atoms with Gasteiger partial charge in [-0.1, -0.05) is 66.7 Å². The molecule has 1 unspecified atom stereocenters. The van der Waals surface area contributed by atoms with Crippen LogP contribution in [0.3, 0.4) is 0 Å². The first-order valence-electron chi connectivity index (χ1n) is 10.5. The normalized spacial score (nSPS) is 12.7. The zero-order chi connectivity index (χ0) is 21.6. The van der Waals surface area contributed by atoms with Crippen molar-refractivity contribution in [3.8, 4) is 16.9 Å². The summed E-state index contributed by atoms with van der Waals surface area (Å²) in [4.78, 5) is 11.1. The maximum absolute atomic E-state index is 11.1. The van der Waals surface area contributed by atoms with Gasteiger partial charge in [0.25, 0.3) is 0 Å². The van der Waals surface area contributed by atoms with Crippen LogP contribution in [0, 0.1) is 0 Å². The highest BCUT2D eigenvalue weighted by atomic mass is 16.5. The highest BCUT2D eigenvalue weighted by molar-refractivity contribution is 6.01. The lowest BCUT2D eigenvalue weighted by Gasteiger charge is -2.11. The topological polar surface area (TPSA) is 55.8 Å². The van der Waals surface area contributed by atoms with E-state index < -0.39 is 12.1 Å². The Labute approximate surface area is 182 Å². The number of unbranched alkanes of at least 4 members (excludes halogenated alkanes) is 1. The van der Waals surface area contributed by atoms with E-state index in [1.54, 1.807) is 0 Å². The lowest BCUT2D eigenvalue weighted by molar-refractivity contribution is -0.148. The molecule has 0 amide bonds. The summed E-state index contributed by atoms with van der Waals surface area (Å²) in [5, 5.41) is 9.09. The third-order valence-corrected chi connectivity index (χ3v) is 5.59. The van der Waals surface area contributed by atoms with Crippen LogP contribution in [0.1, 0.15) is 29.5 Å². The second-order valence-electron chi connectivity index (χ2n) is 7.61. The molecule has 0 bridgehead atoms. The molecule has 31 heavy (non-hydrogen) atoms. The van der Waals surface area contributed by atoms with E-state index in [0.717, 1.165) is 24.2 Å². The average Bonchev–Trinajstić information content (AvgIpc) is 3.12. The summed E-state index contributed by atoms with van der Waals surface area (Å²) in [6, 6.07) is 24.7. The van der Waals surface area contributed by atoms with Crippen LogP contribution >= 0.6 is 0 Å². The number of carbonyl (C=O) groups is 1. The van der Waals surface area contributed by atoms with E-state index in [4.69, 9.17) is 14.6 Å².